The lowest BCUT2D eigenvalue weighted by Gasteiger charge is -2.12. The molecular formula is C16H22N4O. The maximum absolute atomic E-state index is 5.02. The third kappa shape index (κ3) is 4.43. The molecule has 1 aromatic heterocycles. The van der Waals surface area contributed by atoms with Crippen LogP contribution in [0.5, 0.6) is 0 Å². The van der Waals surface area contributed by atoms with Gasteiger partial charge in [0.2, 0.25) is 5.95 Å². The number of rotatable bonds is 7. The van der Waals surface area contributed by atoms with Crippen LogP contribution in [0.3, 0.4) is 0 Å². The summed E-state index contributed by atoms with van der Waals surface area (Å²) < 4.78 is 5.02. The molecular weight excluding hydrogens is 264 g/mol. The van der Waals surface area contributed by atoms with Crippen LogP contribution in [0.4, 0.5) is 17.5 Å². The van der Waals surface area contributed by atoms with Crippen LogP contribution in [0, 0.1) is 13.8 Å². The van der Waals surface area contributed by atoms with E-state index >= 15 is 0 Å². The lowest BCUT2D eigenvalue weighted by molar-refractivity contribution is 0.197. The van der Waals surface area contributed by atoms with Crippen molar-refractivity contribution >= 4 is 17.5 Å². The third-order valence-electron chi connectivity index (χ3n) is 3.20. The van der Waals surface area contributed by atoms with Crippen molar-refractivity contribution in [1.82, 2.24) is 9.97 Å². The predicted molar refractivity (Wildman–Crippen MR) is 86.2 cm³/mol. The third-order valence-corrected chi connectivity index (χ3v) is 3.20. The molecule has 0 bridgehead atoms. The molecule has 0 atom stereocenters. The molecule has 112 valence electrons. The fourth-order valence-corrected chi connectivity index (χ4v) is 2.07. The number of hydrogen-bond donors (Lipinski definition) is 2. The maximum atomic E-state index is 5.02. The van der Waals surface area contributed by atoms with Gasteiger partial charge in [-0.3, -0.25) is 0 Å². The van der Waals surface area contributed by atoms with Crippen LogP contribution in [-0.4, -0.2) is 30.2 Å². The van der Waals surface area contributed by atoms with Gasteiger partial charge in [-0.25, -0.2) is 4.98 Å². The smallest absolute Gasteiger partial charge is 0.224 e. The van der Waals surface area contributed by atoms with Crippen molar-refractivity contribution in [2.24, 2.45) is 0 Å². The first-order valence-electron chi connectivity index (χ1n) is 7.10. The zero-order valence-corrected chi connectivity index (χ0v) is 12.8. The molecule has 21 heavy (non-hydrogen) atoms. The zero-order valence-electron chi connectivity index (χ0n) is 12.8. The number of methoxy groups -OCH3 is 1. The summed E-state index contributed by atoms with van der Waals surface area (Å²) in [6.45, 7) is 5.69. The Morgan fingerprint density at radius 1 is 1.14 bits per heavy atom. The molecule has 0 saturated heterocycles. The number of aryl methyl sites for hydroxylation is 2. The summed E-state index contributed by atoms with van der Waals surface area (Å²) in [5, 5.41) is 6.56. The van der Waals surface area contributed by atoms with Crippen molar-refractivity contribution in [3.63, 3.8) is 0 Å². The molecule has 0 radical (unpaired) electrons. The van der Waals surface area contributed by atoms with Gasteiger partial charge in [0.25, 0.3) is 0 Å². The molecule has 1 aromatic carbocycles. The van der Waals surface area contributed by atoms with E-state index in [-0.39, 0.29) is 0 Å². The van der Waals surface area contributed by atoms with Gasteiger partial charge in [-0.1, -0.05) is 18.2 Å². The normalized spacial score (nSPS) is 10.4. The van der Waals surface area contributed by atoms with E-state index in [1.807, 2.05) is 6.07 Å². The first-order valence-corrected chi connectivity index (χ1v) is 7.10. The summed E-state index contributed by atoms with van der Waals surface area (Å²) in [7, 11) is 1.70. The van der Waals surface area contributed by atoms with E-state index in [0.29, 0.717) is 5.95 Å². The SMILES string of the molecule is COCCCNc1nccc(Nc2c(C)cccc2C)n1. The highest BCUT2D eigenvalue weighted by Gasteiger charge is 2.04. The number of nitrogens with zero attached hydrogens (tertiary/aromatic N) is 2. The highest BCUT2D eigenvalue weighted by molar-refractivity contribution is 5.64. The largest absolute Gasteiger partial charge is 0.385 e. The van der Waals surface area contributed by atoms with E-state index in [2.05, 4.69) is 52.6 Å². The second-order valence-corrected chi connectivity index (χ2v) is 4.93. The number of hydrogen-bond acceptors (Lipinski definition) is 5. The van der Waals surface area contributed by atoms with Crippen molar-refractivity contribution < 1.29 is 4.74 Å². The number of para-hydroxylation sites is 1. The van der Waals surface area contributed by atoms with E-state index in [1.165, 1.54) is 11.1 Å². The lowest BCUT2D eigenvalue weighted by Crippen LogP contribution is -2.08. The highest BCUT2D eigenvalue weighted by Crippen LogP contribution is 2.23. The van der Waals surface area contributed by atoms with Gasteiger partial charge in [-0.2, -0.15) is 4.98 Å². The Labute approximate surface area is 125 Å². The van der Waals surface area contributed by atoms with Crippen LogP contribution in [0.1, 0.15) is 17.5 Å². The van der Waals surface area contributed by atoms with E-state index in [9.17, 15) is 0 Å². The van der Waals surface area contributed by atoms with E-state index < -0.39 is 0 Å². The van der Waals surface area contributed by atoms with Gasteiger partial charge in [-0.15, -0.1) is 0 Å². The molecule has 5 nitrogen and oxygen atoms in total. The summed E-state index contributed by atoms with van der Waals surface area (Å²) in [6, 6.07) is 8.09. The minimum atomic E-state index is 0.627. The number of ether oxygens (including phenoxy) is 1. The van der Waals surface area contributed by atoms with Gasteiger partial charge in [-0.05, 0) is 37.5 Å². The Bertz CT molecular complexity index is 566. The maximum Gasteiger partial charge on any atom is 0.224 e. The molecule has 2 N–H and O–H groups in total. The van der Waals surface area contributed by atoms with Crippen molar-refractivity contribution in [3.05, 3.63) is 41.6 Å². The van der Waals surface area contributed by atoms with Gasteiger partial charge in [0, 0.05) is 32.1 Å². The highest BCUT2D eigenvalue weighted by atomic mass is 16.5. The molecule has 0 aliphatic rings. The Hall–Kier alpha value is -2.14. The van der Waals surface area contributed by atoms with Crippen LogP contribution in [0.15, 0.2) is 30.5 Å². The first kappa shape index (κ1) is 15.3. The number of anilines is 3. The van der Waals surface area contributed by atoms with Crippen molar-refractivity contribution in [2.45, 2.75) is 20.3 Å². The van der Waals surface area contributed by atoms with Crippen LogP contribution in [-0.2, 0) is 4.74 Å². The van der Waals surface area contributed by atoms with Gasteiger partial charge in [0.1, 0.15) is 5.82 Å². The van der Waals surface area contributed by atoms with Crippen molar-refractivity contribution in [1.29, 1.82) is 0 Å². The summed E-state index contributed by atoms with van der Waals surface area (Å²) in [5.74, 6) is 1.42. The standard InChI is InChI=1S/C16H22N4O/c1-12-6-4-7-13(2)15(12)19-14-8-10-18-16(20-14)17-9-5-11-21-3/h4,6-8,10H,5,9,11H2,1-3H3,(H2,17,18,19,20). The Balaban J connectivity index is 2.04. The lowest BCUT2D eigenvalue weighted by atomic mass is 10.1. The molecule has 0 aliphatic carbocycles. The molecule has 0 unspecified atom stereocenters. The average molecular weight is 286 g/mol. The van der Waals surface area contributed by atoms with Crippen molar-refractivity contribution in [3.8, 4) is 0 Å². The number of benzene rings is 1. The zero-order chi connectivity index (χ0) is 15.1. The van der Waals surface area contributed by atoms with Crippen LogP contribution < -0.4 is 10.6 Å². The quantitative estimate of drug-likeness (QED) is 0.765. The molecule has 2 rings (SSSR count). The summed E-state index contributed by atoms with van der Waals surface area (Å²) >= 11 is 0. The molecule has 0 saturated carbocycles. The minimum absolute atomic E-state index is 0.627. The molecule has 0 spiro atoms. The molecule has 1 heterocycles. The first-order chi connectivity index (χ1) is 10.2. The fourth-order valence-electron chi connectivity index (χ4n) is 2.07. The molecule has 5 heteroatoms. The molecule has 0 aliphatic heterocycles. The Morgan fingerprint density at radius 3 is 2.62 bits per heavy atom. The summed E-state index contributed by atoms with van der Waals surface area (Å²) in [6.07, 6.45) is 2.68. The topological polar surface area (TPSA) is 59.1 Å². The van der Waals surface area contributed by atoms with Crippen LogP contribution >= 0.6 is 0 Å². The molecule has 0 amide bonds. The van der Waals surface area contributed by atoms with Gasteiger partial charge >= 0.3 is 0 Å². The fraction of sp³-hybridized carbons (Fsp3) is 0.375. The second-order valence-electron chi connectivity index (χ2n) is 4.93. The van der Waals surface area contributed by atoms with E-state index in [1.54, 1.807) is 13.3 Å². The van der Waals surface area contributed by atoms with Crippen molar-refractivity contribution in [2.75, 3.05) is 30.9 Å². The van der Waals surface area contributed by atoms with Gasteiger partial charge < -0.3 is 15.4 Å². The number of aromatic nitrogens is 2. The summed E-state index contributed by atoms with van der Waals surface area (Å²) in [5.41, 5.74) is 3.49. The number of nitrogens with one attached hydrogen (secondary N) is 2. The predicted octanol–water partition coefficient (Wildman–Crippen LogP) is 3.29. The Morgan fingerprint density at radius 2 is 1.90 bits per heavy atom. The second kappa shape index (κ2) is 7.59. The van der Waals surface area contributed by atoms with Gasteiger partial charge in [0.05, 0.1) is 0 Å². The van der Waals surface area contributed by atoms with Gasteiger partial charge in [0.15, 0.2) is 0 Å². The monoisotopic (exact) mass is 286 g/mol. The van der Waals surface area contributed by atoms with E-state index in [4.69, 9.17) is 4.74 Å². The minimum Gasteiger partial charge on any atom is -0.385 e. The summed E-state index contributed by atoms with van der Waals surface area (Å²) in [4.78, 5) is 8.69. The Kier molecular flexibility index (Phi) is 5.51. The van der Waals surface area contributed by atoms with Crippen LogP contribution in [0.25, 0.3) is 0 Å². The molecule has 0 fully saturated rings. The van der Waals surface area contributed by atoms with E-state index in [0.717, 1.165) is 31.1 Å². The van der Waals surface area contributed by atoms with Crippen LogP contribution in [0.2, 0.25) is 0 Å². The average Bonchev–Trinajstić information content (AvgIpc) is 2.48. The molecule has 2 aromatic rings.